The zero-order valence-corrected chi connectivity index (χ0v) is 9.81. The fourth-order valence-corrected chi connectivity index (χ4v) is 1.48. The lowest BCUT2D eigenvalue weighted by atomic mass is 10.1. The lowest BCUT2D eigenvalue weighted by Gasteiger charge is -2.09. The van der Waals surface area contributed by atoms with Gasteiger partial charge in [-0.25, -0.2) is 4.98 Å². The first-order valence-corrected chi connectivity index (χ1v) is 5.47. The predicted molar refractivity (Wildman–Crippen MR) is 64.2 cm³/mol. The van der Waals surface area contributed by atoms with E-state index < -0.39 is 0 Å². The number of hydrogen-bond acceptors (Lipinski definition) is 3. The maximum absolute atomic E-state index is 11.9. The average molecular weight is 230 g/mol. The molecule has 0 radical (unpaired) electrons. The smallest absolute Gasteiger partial charge is 0.228 e. The number of ether oxygens (including phenoxy) is 1. The number of nitrogens with zero attached hydrogens (tertiary/aromatic N) is 1. The van der Waals surface area contributed by atoms with Gasteiger partial charge < -0.3 is 9.72 Å². The summed E-state index contributed by atoms with van der Waals surface area (Å²) in [7, 11) is 0. The number of nitrogens with one attached hydrogen (secondary N) is 1. The maximum atomic E-state index is 11.9. The molecule has 0 atom stereocenters. The minimum Gasteiger partial charge on any atom is -0.491 e. The van der Waals surface area contributed by atoms with Gasteiger partial charge >= 0.3 is 0 Å². The van der Waals surface area contributed by atoms with Crippen LogP contribution in [0.4, 0.5) is 0 Å². The lowest BCUT2D eigenvalue weighted by molar-refractivity contribution is 0.103. The largest absolute Gasteiger partial charge is 0.491 e. The molecule has 2 rings (SSSR count). The molecule has 1 aromatic carbocycles. The molecular formula is C13H14N2O2. The highest BCUT2D eigenvalue weighted by Gasteiger charge is 2.11. The zero-order chi connectivity index (χ0) is 12.3. The molecule has 0 aliphatic rings. The topological polar surface area (TPSA) is 55.0 Å². The van der Waals surface area contributed by atoms with Crippen LogP contribution in [0.25, 0.3) is 0 Å². The van der Waals surface area contributed by atoms with Gasteiger partial charge in [-0.15, -0.1) is 0 Å². The summed E-state index contributed by atoms with van der Waals surface area (Å²) >= 11 is 0. The van der Waals surface area contributed by atoms with Gasteiger partial charge in [0.1, 0.15) is 5.75 Å². The Kier molecular flexibility index (Phi) is 3.23. The van der Waals surface area contributed by atoms with Crippen molar-refractivity contribution in [3.8, 4) is 5.75 Å². The van der Waals surface area contributed by atoms with Crippen molar-refractivity contribution in [2.24, 2.45) is 0 Å². The quantitative estimate of drug-likeness (QED) is 0.821. The number of rotatable bonds is 4. The van der Waals surface area contributed by atoms with Gasteiger partial charge in [-0.1, -0.05) is 0 Å². The molecule has 0 amide bonds. The van der Waals surface area contributed by atoms with Gasteiger partial charge in [0.2, 0.25) is 5.78 Å². The molecular weight excluding hydrogens is 216 g/mol. The van der Waals surface area contributed by atoms with Gasteiger partial charge in [-0.05, 0) is 38.1 Å². The minimum atomic E-state index is -0.119. The molecule has 0 bridgehead atoms. The molecule has 2 aromatic rings. The Morgan fingerprint density at radius 3 is 2.53 bits per heavy atom. The van der Waals surface area contributed by atoms with E-state index in [1.165, 1.54) is 0 Å². The molecule has 0 saturated heterocycles. The summed E-state index contributed by atoms with van der Waals surface area (Å²) in [4.78, 5) is 18.6. The van der Waals surface area contributed by atoms with Crippen LogP contribution in [0.1, 0.15) is 30.0 Å². The van der Waals surface area contributed by atoms with Crippen molar-refractivity contribution < 1.29 is 9.53 Å². The molecule has 17 heavy (non-hydrogen) atoms. The fraction of sp³-hybridized carbons (Fsp3) is 0.231. The van der Waals surface area contributed by atoms with Crippen molar-refractivity contribution in [2.45, 2.75) is 20.0 Å². The second-order valence-electron chi connectivity index (χ2n) is 3.96. The van der Waals surface area contributed by atoms with Gasteiger partial charge in [0, 0.05) is 18.0 Å². The van der Waals surface area contributed by atoms with Crippen molar-refractivity contribution >= 4 is 5.78 Å². The van der Waals surface area contributed by atoms with E-state index in [0.717, 1.165) is 5.75 Å². The Morgan fingerprint density at radius 1 is 1.29 bits per heavy atom. The summed E-state index contributed by atoms with van der Waals surface area (Å²) in [6, 6.07) is 7.05. The third-order valence-corrected chi connectivity index (χ3v) is 2.20. The molecule has 1 heterocycles. The predicted octanol–water partition coefficient (Wildman–Crippen LogP) is 2.43. The van der Waals surface area contributed by atoms with Crippen LogP contribution in [0.2, 0.25) is 0 Å². The van der Waals surface area contributed by atoms with Crippen LogP contribution in [0, 0.1) is 0 Å². The SMILES string of the molecule is CC(C)Oc1ccc(C(=O)c2ncc[nH]2)cc1. The van der Waals surface area contributed by atoms with Crippen LogP contribution in [-0.4, -0.2) is 21.9 Å². The third kappa shape index (κ3) is 2.72. The van der Waals surface area contributed by atoms with E-state index in [1.54, 1.807) is 36.7 Å². The lowest BCUT2D eigenvalue weighted by Crippen LogP contribution is -2.06. The van der Waals surface area contributed by atoms with Crippen LogP contribution in [-0.2, 0) is 0 Å². The Labute approximate surface area is 99.7 Å². The van der Waals surface area contributed by atoms with Crippen LogP contribution in [0.5, 0.6) is 5.75 Å². The van der Waals surface area contributed by atoms with Gasteiger partial charge in [0.25, 0.3) is 0 Å². The number of carbonyl (C=O) groups excluding carboxylic acids is 1. The Hall–Kier alpha value is -2.10. The molecule has 0 fully saturated rings. The van der Waals surface area contributed by atoms with E-state index in [0.29, 0.717) is 11.4 Å². The number of aromatic nitrogens is 2. The molecule has 88 valence electrons. The van der Waals surface area contributed by atoms with E-state index in [-0.39, 0.29) is 11.9 Å². The highest BCUT2D eigenvalue weighted by atomic mass is 16.5. The molecule has 1 aromatic heterocycles. The summed E-state index contributed by atoms with van der Waals surface area (Å²) in [6.45, 7) is 3.92. The second kappa shape index (κ2) is 4.82. The standard InChI is InChI=1S/C13H14N2O2/c1-9(2)17-11-5-3-10(4-6-11)12(16)13-14-7-8-15-13/h3-9H,1-2H3,(H,14,15). The Bertz CT molecular complexity index is 487. The van der Waals surface area contributed by atoms with Crippen molar-refractivity contribution in [1.29, 1.82) is 0 Å². The molecule has 0 aliphatic heterocycles. The van der Waals surface area contributed by atoms with Gasteiger partial charge in [-0.2, -0.15) is 0 Å². The highest BCUT2D eigenvalue weighted by Crippen LogP contribution is 2.15. The van der Waals surface area contributed by atoms with E-state index in [4.69, 9.17) is 4.74 Å². The average Bonchev–Trinajstić information content (AvgIpc) is 2.82. The van der Waals surface area contributed by atoms with Crippen LogP contribution in [0.15, 0.2) is 36.7 Å². The molecule has 0 unspecified atom stereocenters. The van der Waals surface area contributed by atoms with Crippen molar-refractivity contribution in [3.63, 3.8) is 0 Å². The number of hydrogen-bond donors (Lipinski definition) is 1. The van der Waals surface area contributed by atoms with Gasteiger partial charge in [0.15, 0.2) is 5.82 Å². The second-order valence-corrected chi connectivity index (χ2v) is 3.96. The van der Waals surface area contributed by atoms with Crippen LogP contribution < -0.4 is 4.74 Å². The first kappa shape index (κ1) is 11.4. The Morgan fingerprint density at radius 2 is 2.00 bits per heavy atom. The molecule has 0 aliphatic carbocycles. The van der Waals surface area contributed by atoms with Gasteiger partial charge in [0.05, 0.1) is 6.10 Å². The molecule has 0 spiro atoms. The fourth-order valence-electron chi connectivity index (χ4n) is 1.48. The van der Waals surface area contributed by atoms with E-state index >= 15 is 0 Å². The first-order chi connectivity index (χ1) is 8.16. The number of benzene rings is 1. The number of aromatic amines is 1. The van der Waals surface area contributed by atoms with Crippen molar-refractivity contribution in [3.05, 3.63) is 48.0 Å². The summed E-state index contributed by atoms with van der Waals surface area (Å²) in [6.07, 6.45) is 3.31. The van der Waals surface area contributed by atoms with E-state index in [2.05, 4.69) is 9.97 Å². The summed E-state index contributed by atoms with van der Waals surface area (Å²) < 4.78 is 5.50. The summed E-state index contributed by atoms with van der Waals surface area (Å²) in [5.74, 6) is 0.990. The summed E-state index contributed by atoms with van der Waals surface area (Å²) in [5.41, 5.74) is 0.594. The molecule has 4 heteroatoms. The number of carbonyl (C=O) groups is 1. The molecule has 0 saturated carbocycles. The van der Waals surface area contributed by atoms with Crippen LogP contribution in [0.3, 0.4) is 0 Å². The van der Waals surface area contributed by atoms with Crippen LogP contribution >= 0.6 is 0 Å². The van der Waals surface area contributed by atoms with E-state index in [9.17, 15) is 4.79 Å². The minimum absolute atomic E-state index is 0.119. The van der Waals surface area contributed by atoms with Crippen molar-refractivity contribution in [2.75, 3.05) is 0 Å². The third-order valence-electron chi connectivity index (χ3n) is 2.20. The number of imidazole rings is 1. The van der Waals surface area contributed by atoms with Crippen molar-refractivity contribution in [1.82, 2.24) is 9.97 Å². The number of ketones is 1. The molecule has 4 nitrogen and oxygen atoms in total. The maximum Gasteiger partial charge on any atom is 0.228 e. The van der Waals surface area contributed by atoms with Gasteiger partial charge in [-0.3, -0.25) is 4.79 Å². The zero-order valence-electron chi connectivity index (χ0n) is 9.81. The number of H-pyrrole nitrogens is 1. The normalized spacial score (nSPS) is 10.5. The summed E-state index contributed by atoms with van der Waals surface area (Å²) in [5, 5.41) is 0. The Balaban J connectivity index is 2.15. The van der Waals surface area contributed by atoms with E-state index in [1.807, 2.05) is 13.8 Å². The first-order valence-electron chi connectivity index (χ1n) is 5.47. The highest BCUT2D eigenvalue weighted by molar-refractivity contribution is 6.06. The monoisotopic (exact) mass is 230 g/mol. The molecule has 1 N–H and O–H groups in total.